The number of methoxy groups -OCH3 is 3. The minimum absolute atomic E-state index is 0.0403. The molecule has 1 aliphatic rings. The number of ether oxygens (including phenoxy) is 4. The number of nitrogens with zero attached hydrogens (tertiary/aromatic N) is 2. The van der Waals surface area contributed by atoms with Crippen molar-refractivity contribution in [3.05, 3.63) is 83.4 Å². The van der Waals surface area contributed by atoms with Crippen LogP contribution in [-0.4, -0.2) is 85.4 Å². The Balaban J connectivity index is 0.000000696. The van der Waals surface area contributed by atoms with Crippen LogP contribution in [0.15, 0.2) is 66.7 Å². The van der Waals surface area contributed by atoms with Crippen molar-refractivity contribution >= 4 is 17.8 Å². The van der Waals surface area contributed by atoms with E-state index in [1.165, 1.54) is 0 Å². The minimum atomic E-state index is -1.82. The number of carboxylic acid groups (broad SMARTS) is 2. The van der Waals surface area contributed by atoms with Gasteiger partial charge in [-0.15, -0.1) is 0 Å². The van der Waals surface area contributed by atoms with Gasteiger partial charge in [0.05, 0.1) is 26.9 Å². The number of carboxylic acids is 2. The summed E-state index contributed by atoms with van der Waals surface area (Å²) in [6.07, 6.45) is 0. The van der Waals surface area contributed by atoms with Crippen LogP contribution in [0.5, 0.6) is 23.0 Å². The molecule has 3 aromatic rings. The van der Waals surface area contributed by atoms with Gasteiger partial charge in [-0.05, 0) is 35.4 Å². The number of hydrogen-bond donors (Lipinski definition) is 2. The van der Waals surface area contributed by atoms with E-state index in [2.05, 4.69) is 11.0 Å². The van der Waals surface area contributed by atoms with Gasteiger partial charge >= 0.3 is 11.9 Å². The standard InChI is InChI=1S/C28H32N2O5.C2H2O4/c1-32-24-13-12-22(18-26(24)35-20-21-8-5-4-6-9-21)19-29-14-16-30(17-15-29)28(31)23-10-7-11-25(33-2)27(23)34-3;3-1(4)2(5)6/h4-13,18H,14-17,19-20H2,1-3H3;(H,3,4)(H,5,6). The summed E-state index contributed by atoms with van der Waals surface area (Å²) in [6, 6.07) is 21.5. The molecule has 2 N–H and O–H groups in total. The zero-order valence-corrected chi connectivity index (χ0v) is 23.2. The highest BCUT2D eigenvalue weighted by molar-refractivity contribution is 6.27. The Morgan fingerprint density at radius 1 is 0.707 bits per heavy atom. The zero-order chi connectivity index (χ0) is 29.8. The summed E-state index contributed by atoms with van der Waals surface area (Å²) in [7, 11) is 4.78. The second-order valence-corrected chi connectivity index (χ2v) is 8.98. The first-order chi connectivity index (χ1) is 19.8. The predicted octanol–water partition coefficient (Wildman–Crippen LogP) is 3.41. The van der Waals surface area contributed by atoms with Crippen LogP contribution in [0.3, 0.4) is 0 Å². The molecule has 1 fully saturated rings. The van der Waals surface area contributed by atoms with E-state index in [-0.39, 0.29) is 5.91 Å². The number of para-hydroxylation sites is 1. The molecule has 0 aliphatic carbocycles. The molecule has 218 valence electrons. The van der Waals surface area contributed by atoms with E-state index in [1.807, 2.05) is 53.4 Å². The summed E-state index contributed by atoms with van der Waals surface area (Å²) >= 11 is 0. The highest BCUT2D eigenvalue weighted by atomic mass is 16.5. The number of carbonyl (C=O) groups is 3. The third-order valence-corrected chi connectivity index (χ3v) is 6.35. The van der Waals surface area contributed by atoms with Crippen LogP contribution in [0, 0.1) is 0 Å². The lowest BCUT2D eigenvalue weighted by molar-refractivity contribution is -0.159. The first-order valence-electron chi connectivity index (χ1n) is 12.8. The first kappa shape index (κ1) is 30.8. The third kappa shape index (κ3) is 8.61. The number of piperazine rings is 1. The maximum atomic E-state index is 13.2. The van der Waals surface area contributed by atoms with E-state index in [4.69, 9.17) is 38.7 Å². The van der Waals surface area contributed by atoms with Crippen molar-refractivity contribution in [2.24, 2.45) is 0 Å². The van der Waals surface area contributed by atoms with Gasteiger partial charge in [-0.2, -0.15) is 0 Å². The molecule has 0 atom stereocenters. The minimum Gasteiger partial charge on any atom is -0.493 e. The summed E-state index contributed by atoms with van der Waals surface area (Å²) in [4.78, 5) is 35.6. The molecule has 11 heteroatoms. The molecule has 0 spiro atoms. The van der Waals surface area contributed by atoms with Crippen molar-refractivity contribution in [1.29, 1.82) is 0 Å². The molecule has 0 bridgehead atoms. The molecular weight excluding hydrogens is 532 g/mol. The lowest BCUT2D eigenvalue weighted by Crippen LogP contribution is -2.48. The van der Waals surface area contributed by atoms with Crippen molar-refractivity contribution in [2.45, 2.75) is 13.2 Å². The van der Waals surface area contributed by atoms with Gasteiger partial charge in [0.2, 0.25) is 0 Å². The second-order valence-electron chi connectivity index (χ2n) is 8.98. The summed E-state index contributed by atoms with van der Waals surface area (Å²) in [6.45, 7) is 4.11. The highest BCUT2D eigenvalue weighted by Gasteiger charge is 2.26. The van der Waals surface area contributed by atoms with Gasteiger partial charge in [0.1, 0.15) is 6.61 Å². The topological polar surface area (TPSA) is 135 Å². The van der Waals surface area contributed by atoms with Gasteiger partial charge in [-0.1, -0.05) is 42.5 Å². The predicted molar refractivity (Wildman–Crippen MR) is 150 cm³/mol. The average molecular weight is 567 g/mol. The fourth-order valence-electron chi connectivity index (χ4n) is 4.26. The number of rotatable bonds is 9. The molecular formula is C30H34N2O9. The molecule has 1 aliphatic heterocycles. The molecule has 0 radical (unpaired) electrons. The van der Waals surface area contributed by atoms with Crippen molar-refractivity contribution in [3.63, 3.8) is 0 Å². The van der Waals surface area contributed by atoms with Crippen LogP contribution >= 0.6 is 0 Å². The van der Waals surface area contributed by atoms with Gasteiger partial charge in [0, 0.05) is 32.7 Å². The van der Waals surface area contributed by atoms with Crippen molar-refractivity contribution in [1.82, 2.24) is 9.80 Å². The summed E-state index contributed by atoms with van der Waals surface area (Å²) in [5.41, 5.74) is 2.77. The highest BCUT2D eigenvalue weighted by Crippen LogP contribution is 2.32. The summed E-state index contributed by atoms with van der Waals surface area (Å²) in [5, 5.41) is 14.8. The quantitative estimate of drug-likeness (QED) is 0.371. The number of carbonyl (C=O) groups excluding carboxylic acids is 1. The van der Waals surface area contributed by atoms with E-state index < -0.39 is 11.9 Å². The van der Waals surface area contributed by atoms with E-state index in [1.54, 1.807) is 33.5 Å². The molecule has 3 aromatic carbocycles. The maximum absolute atomic E-state index is 13.2. The zero-order valence-electron chi connectivity index (χ0n) is 23.2. The summed E-state index contributed by atoms with van der Waals surface area (Å²) in [5.74, 6) is -1.21. The van der Waals surface area contributed by atoms with E-state index in [0.29, 0.717) is 42.5 Å². The average Bonchev–Trinajstić information content (AvgIpc) is 3.00. The van der Waals surface area contributed by atoms with Crippen LogP contribution < -0.4 is 18.9 Å². The van der Waals surface area contributed by atoms with Crippen molar-refractivity contribution in [2.75, 3.05) is 47.5 Å². The summed E-state index contributed by atoms with van der Waals surface area (Å²) < 4.78 is 22.4. The molecule has 1 amide bonds. The number of aliphatic carboxylic acids is 2. The van der Waals surface area contributed by atoms with Gasteiger partial charge < -0.3 is 34.1 Å². The first-order valence-corrected chi connectivity index (χ1v) is 12.8. The Kier molecular flexibility index (Phi) is 11.4. The molecule has 4 rings (SSSR count). The van der Waals surface area contributed by atoms with Crippen LogP contribution in [0.1, 0.15) is 21.5 Å². The van der Waals surface area contributed by atoms with Crippen LogP contribution in [0.2, 0.25) is 0 Å². The molecule has 41 heavy (non-hydrogen) atoms. The van der Waals surface area contributed by atoms with Gasteiger partial charge in [0.25, 0.3) is 5.91 Å². The monoisotopic (exact) mass is 566 g/mol. The number of benzene rings is 3. The largest absolute Gasteiger partial charge is 0.493 e. The lowest BCUT2D eigenvalue weighted by atomic mass is 10.1. The smallest absolute Gasteiger partial charge is 0.414 e. The Hall–Kier alpha value is -4.77. The van der Waals surface area contributed by atoms with Crippen LogP contribution in [0.4, 0.5) is 0 Å². The van der Waals surface area contributed by atoms with Crippen molar-refractivity contribution < 1.29 is 43.5 Å². The Morgan fingerprint density at radius 3 is 1.95 bits per heavy atom. The van der Waals surface area contributed by atoms with Gasteiger partial charge in [-0.25, -0.2) is 9.59 Å². The second kappa shape index (κ2) is 15.1. The lowest BCUT2D eigenvalue weighted by Gasteiger charge is -2.35. The Labute approximate surface area is 238 Å². The van der Waals surface area contributed by atoms with Gasteiger partial charge in [-0.3, -0.25) is 9.69 Å². The van der Waals surface area contributed by atoms with Crippen LogP contribution in [-0.2, 0) is 22.7 Å². The van der Waals surface area contributed by atoms with Crippen molar-refractivity contribution in [3.8, 4) is 23.0 Å². The Morgan fingerprint density at radius 2 is 1.37 bits per heavy atom. The Bertz CT molecular complexity index is 1310. The number of amides is 1. The van der Waals surface area contributed by atoms with E-state index in [0.717, 1.165) is 36.5 Å². The van der Waals surface area contributed by atoms with E-state index >= 15 is 0 Å². The molecule has 11 nitrogen and oxygen atoms in total. The maximum Gasteiger partial charge on any atom is 0.414 e. The molecule has 0 saturated carbocycles. The van der Waals surface area contributed by atoms with Crippen LogP contribution in [0.25, 0.3) is 0 Å². The molecule has 1 heterocycles. The third-order valence-electron chi connectivity index (χ3n) is 6.35. The number of hydrogen-bond acceptors (Lipinski definition) is 8. The van der Waals surface area contributed by atoms with Gasteiger partial charge in [0.15, 0.2) is 23.0 Å². The molecule has 0 unspecified atom stereocenters. The van der Waals surface area contributed by atoms with E-state index in [9.17, 15) is 4.79 Å². The fraction of sp³-hybridized carbons (Fsp3) is 0.300. The fourth-order valence-corrected chi connectivity index (χ4v) is 4.26. The normalized spacial score (nSPS) is 12.9. The molecule has 0 aromatic heterocycles. The SMILES string of the molecule is COc1ccc(CN2CCN(C(=O)c3cccc(OC)c3OC)CC2)cc1OCc1ccccc1.O=C(O)C(=O)O. The molecule has 1 saturated heterocycles.